The number of carbonyl (C=O) groups excluding carboxylic acids is 5. The number of ether oxygens (including phenoxy) is 3. The number of carbonyl (C=O) groups is 5. The standard InChI is InChI=1S/C53H78ClNO8/c1-32(2)42-36(56)28-53(39(57)31-55(45(60)63-47(6,7)8)30-33-16-18-34(54)19-17-33)27-26-51(14)35(43(42)53)20-21-38-50(13)24-23-40(49(11,12)37(50)22-25-52(38,51)15)61-41(58)29-48(9,10)44(59)62-46(3,4)5/h16-19,32,35,37-38,40H,20-31H2,1-15H3/t35-,37-,38-,40+,50+,51-,52-,53+/m1/s1. The van der Waals surface area contributed by atoms with Crippen molar-refractivity contribution in [2.75, 3.05) is 6.54 Å². The second kappa shape index (κ2) is 16.6. The molecule has 1 aromatic carbocycles. The van der Waals surface area contributed by atoms with Gasteiger partial charge < -0.3 is 14.2 Å². The highest BCUT2D eigenvalue weighted by Gasteiger charge is 2.71. The zero-order valence-electron chi connectivity index (χ0n) is 41.3. The zero-order chi connectivity index (χ0) is 47.1. The van der Waals surface area contributed by atoms with E-state index in [0.29, 0.717) is 23.3 Å². The van der Waals surface area contributed by atoms with Gasteiger partial charge in [0.15, 0.2) is 11.6 Å². The van der Waals surface area contributed by atoms with E-state index < -0.39 is 34.1 Å². The van der Waals surface area contributed by atoms with Gasteiger partial charge in [0, 0.05) is 23.4 Å². The number of hydrogen-bond donors (Lipinski definition) is 0. The van der Waals surface area contributed by atoms with E-state index in [0.717, 1.165) is 61.7 Å². The molecule has 9 nitrogen and oxygen atoms in total. The van der Waals surface area contributed by atoms with Gasteiger partial charge in [-0.3, -0.25) is 24.1 Å². The van der Waals surface area contributed by atoms with Gasteiger partial charge >= 0.3 is 18.0 Å². The maximum Gasteiger partial charge on any atom is 0.410 e. The second-order valence-electron chi connectivity index (χ2n) is 24.6. The first-order chi connectivity index (χ1) is 28.8. The van der Waals surface area contributed by atoms with Crippen molar-refractivity contribution in [1.82, 2.24) is 4.90 Å². The number of allylic oxidation sites excluding steroid dienone is 2. The van der Waals surface area contributed by atoms with E-state index in [1.54, 1.807) is 26.0 Å². The summed E-state index contributed by atoms with van der Waals surface area (Å²) in [6.45, 7) is 30.7. The third-order valence-corrected chi connectivity index (χ3v) is 17.2. The van der Waals surface area contributed by atoms with Crippen LogP contribution in [-0.2, 0) is 39.9 Å². The first-order valence-electron chi connectivity index (χ1n) is 23.8. The van der Waals surface area contributed by atoms with Gasteiger partial charge in [0.2, 0.25) is 0 Å². The Morgan fingerprint density at radius 3 is 1.98 bits per heavy atom. The van der Waals surface area contributed by atoms with Gasteiger partial charge in [0.1, 0.15) is 17.3 Å². The van der Waals surface area contributed by atoms with Gasteiger partial charge in [0.25, 0.3) is 0 Å². The zero-order valence-corrected chi connectivity index (χ0v) is 42.0. The fraction of sp³-hybridized carbons (Fsp3) is 0.755. The Bertz CT molecular complexity index is 2020. The van der Waals surface area contributed by atoms with Crippen LogP contribution in [0.25, 0.3) is 0 Å². The van der Waals surface area contributed by atoms with Crippen LogP contribution in [0, 0.1) is 56.2 Å². The lowest BCUT2D eigenvalue weighted by atomic mass is 9.33. The number of Topliss-reactive ketones (excluding diaryl/α,β-unsaturated/α-hetero) is 2. The molecule has 350 valence electrons. The summed E-state index contributed by atoms with van der Waals surface area (Å²) < 4.78 is 17.9. The van der Waals surface area contributed by atoms with E-state index in [-0.39, 0.29) is 83.1 Å². The predicted octanol–water partition coefficient (Wildman–Crippen LogP) is 12.3. The number of halogens is 1. The maximum atomic E-state index is 15.2. The summed E-state index contributed by atoms with van der Waals surface area (Å²) in [5, 5.41) is 0.587. The van der Waals surface area contributed by atoms with Gasteiger partial charge in [0.05, 0.1) is 23.8 Å². The molecule has 4 saturated carbocycles. The van der Waals surface area contributed by atoms with Crippen LogP contribution in [0.15, 0.2) is 35.4 Å². The van der Waals surface area contributed by atoms with E-state index in [4.69, 9.17) is 25.8 Å². The van der Waals surface area contributed by atoms with Crippen LogP contribution in [0.3, 0.4) is 0 Å². The molecule has 0 N–H and O–H groups in total. The van der Waals surface area contributed by atoms with Crippen molar-refractivity contribution >= 4 is 41.2 Å². The Morgan fingerprint density at radius 1 is 0.778 bits per heavy atom. The predicted molar refractivity (Wildman–Crippen MR) is 247 cm³/mol. The Labute approximate surface area is 383 Å². The summed E-state index contributed by atoms with van der Waals surface area (Å²) in [5.74, 6) is -0.0216. The SMILES string of the molecule is CC(C)C1=C2[C@H]3CC[C@@H]4[C@@]5(C)CC[C@H](OC(=O)CC(C)(C)C(=O)OC(C)(C)C)C(C)(C)[C@H]5CC[C@@]4(C)[C@]3(C)CC[C@@]2(C(=O)CN(Cc2ccc(Cl)cc2)C(=O)OC(C)(C)C)CC1=O. The van der Waals surface area contributed by atoms with Crippen molar-refractivity contribution < 1.29 is 38.2 Å². The number of rotatable bonds is 10. The Hall–Kier alpha value is -3.20. The topological polar surface area (TPSA) is 116 Å². The fourth-order valence-electron chi connectivity index (χ4n) is 13.8. The van der Waals surface area contributed by atoms with E-state index >= 15 is 4.79 Å². The molecule has 5 aliphatic rings. The largest absolute Gasteiger partial charge is 0.462 e. The molecular formula is C53H78ClNO8. The van der Waals surface area contributed by atoms with Crippen LogP contribution in [0.2, 0.25) is 5.02 Å². The molecule has 6 rings (SSSR count). The Balaban J connectivity index is 1.27. The molecule has 8 atom stereocenters. The summed E-state index contributed by atoms with van der Waals surface area (Å²) in [7, 11) is 0. The molecule has 0 unspecified atom stereocenters. The highest BCUT2D eigenvalue weighted by Crippen LogP contribution is 2.77. The summed E-state index contributed by atoms with van der Waals surface area (Å²) in [6, 6.07) is 7.28. The van der Waals surface area contributed by atoms with Crippen molar-refractivity contribution in [2.45, 2.75) is 192 Å². The fourth-order valence-corrected chi connectivity index (χ4v) is 14.0. The molecule has 4 fully saturated rings. The third-order valence-electron chi connectivity index (χ3n) is 17.0. The number of esters is 2. The minimum Gasteiger partial charge on any atom is -0.462 e. The van der Waals surface area contributed by atoms with Crippen LogP contribution in [-0.4, -0.2) is 58.3 Å². The van der Waals surface area contributed by atoms with Crippen molar-refractivity contribution in [3.63, 3.8) is 0 Å². The van der Waals surface area contributed by atoms with Crippen molar-refractivity contribution in [3.8, 4) is 0 Å². The molecule has 0 heterocycles. The smallest absolute Gasteiger partial charge is 0.410 e. The molecule has 63 heavy (non-hydrogen) atoms. The average Bonchev–Trinajstić information content (AvgIpc) is 3.45. The number of hydrogen-bond acceptors (Lipinski definition) is 8. The van der Waals surface area contributed by atoms with Gasteiger partial charge in [-0.1, -0.05) is 72.2 Å². The Kier molecular flexibility index (Phi) is 13.0. The first kappa shape index (κ1) is 49.2. The highest BCUT2D eigenvalue weighted by molar-refractivity contribution is 6.30. The Morgan fingerprint density at radius 2 is 1.40 bits per heavy atom. The molecule has 0 aromatic heterocycles. The number of amides is 1. The van der Waals surface area contributed by atoms with Crippen LogP contribution >= 0.6 is 11.6 Å². The number of fused-ring (bicyclic) bond motifs is 7. The van der Waals surface area contributed by atoms with E-state index in [9.17, 15) is 19.2 Å². The monoisotopic (exact) mass is 892 g/mol. The normalized spacial score (nSPS) is 32.8. The lowest BCUT2D eigenvalue weighted by Gasteiger charge is -2.72. The van der Waals surface area contributed by atoms with Gasteiger partial charge in [-0.15, -0.1) is 0 Å². The lowest BCUT2D eigenvalue weighted by Crippen LogP contribution is -2.66. The highest BCUT2D eigenvalue weighted by atomic mass is 35.5. The van der Waals surface area contributed by atoms with Crippen molar-refractivity contribution in [3.05, 3.63) is 46.0 Å². The molecular weight excluding hydrogens is 814 g/mol. The molecule has 0 aliphatic heterocycles. The summed E-state index contributed by atoms with van der Waals surface area (Å²) in [4.78, 5) is 71.6. The number of nitrogens with zero attached hydrogens (tertiary/aromatic N) is 1. The first-order valence-corrected chi connectivity index (χ1v) is 24.2. The van der Waals surface area contributed by atoms with E-state index in [1.165, 1.54) is 4.90 Å². The van der Waals surface area contributed by atoms with E-state index in [1.807, 2.05) is 53.7 Å². The number of ketones is 2. The maximum absolute atomic E-state index is 15.2. The van der Waals surface area contributed by atoms with Gasteiger partial charge in [-0.05, 0) is 176 Å². The summed E-state index contributed by atoms with van der Waals surface area (Å²) in [5.41, 5.74) is -1.18. The molecule has 0 bridgehead atoms. The minimum absolute atomic E-state index is 0.0101. The molecule has 1 amide bonds. The molecule has 10 heteroatoms. The van der Waals surface area contributed by atoms with E-state index in [2.05, 4.69) is 48.5 Å². The quantitative estimate of drug-likeness (QED) is 0.168. The summed E-state index contributed by atoms with van der Waals surface area (Å²) in [6.07, 6.45) is 6.26. The average molecular weight is 893 g/mol. The van der Waals surface area contributed by atoms with Crippen LogP contribution in [0.5, 0.6) is 0 Å². The van der Waals surface area contributed by atoms with Gasteiger partial charge in [-0.25, -0.2) is 4.79 Å². The molecule has 5 aliphatic carbocycles. The minimum atomic E-state index is -1.01. The third kappa shape index (κ3) is 8.92. The lowest BCUT2D eigenvalue weighted by molar-refractivity contribution is -0.233. The molecule has 0 radical (unpaired) electrons. The summed E-state index contributed by atoms with van der Waals surface area (Å²) >= 11 is 6.21. The van der Waals surface area contributed by atoms with Crippen molar-refractivity contribution in [2.24, 2.45) is 56.2 Å². The molecule has 0 saturated heterocycles. The van der Waals surface area contributed by atoms with Crippen molar-refractivity contribution in [1.29, 1.82) is 0 Å². The van der Waals surface area contributed by atoms with Crippen LogP contribution < -0.4 is 0 Å². The van der Waals surface area contributed by atoms with Crippen LogP contribution in [0.4, 0.5) is 4.79 Å². The second-order valence-corrected chi connectivity index (χ2v) is 25.0. The molecule has 1 aromatic rings. The molecule has 0 spiro atoms. The van der Waals surface area contributed by atoms with Gasteiger partial charge in [-0.2, -0.15) is 0 Å². The van der Waals surface area contributed by atoms with Crippen LogP contribution in [0.1, 0.15) is 174 Å². The number of benzene rings is 1.